The van der Waals surface area contributed by atoms with Crippen LogP contribution < -0.4 is 9.47 Å². The van der Waals surface area contributed by atoms with E-state index in [1.165, 1.54) is 12.8 Å². The van der Waals surface area contributed by atoms with Crippen molar-refractivity contribution in [3.63, 3.8) is 0 Å². The number of aliphatic hydroxyl groups excluding tert-OH is 1. The minimum Gasteiger partial charge on any atom is -0.497 e. The lowest BCUT2D eigenvalue weighted by Crippen LogP contribution is -2.41. The van der Waals surface area contributed by atoms with Crippen LogP contribution in [-0.2, 0) is 6.54 Å². The van der Waals surface area contributed by atoms with Gasteiger partial charge >= 0.3 is 0 Å². The number of benzene rings is 1. The smallest absolute Gasteiger partial charge is 0.127 e. The Balaban J connectivity index is 2.12. The Bertz CT molecular complexity index is 408. The van der Waals surface area contributed by atoms with Crippen molar-refractivity contribution in [2.45, 2.75) is 31.8 Å². The molecule has 4 heteroatoms. The summed E-state index contributed by atoms with van der Waals surface area (Å²) in [7, 11) is 3.33. The first kappa shape index (κ1) is 14.2. The average Bonchev–Trinajstić information content (AvgIpc) is 2.48. The molecule has 1 N–H and O–H groups in total. The van der Waals surface area contributed by atoms with Gasteiger partial charge in [-0.15, -0.1) is 0 Å². The lowest BCUT2D eigenvalue weighted by atomic mass is 10.0. The molecule has 1 fully saturated rings. The van der Waals surface area contributed by atoms with Crippen molar-refractivity contribution < 1.29 is 14.6 Å². The van der Waals surface area contributed by atoms with Crippen LogP contribution in [0.3, 0.4) is 0 Å². The molecule has 1 saturated heterocycles. The molecule has 19 heavy (non-hydrogen) atoms. The van der Waals surface area contributed by atoms with Gasteiger partial charge in [0.05, 0.1) is 20.8 Å². The first-order valence-electron chi connectivity index (χ1n) is 6.84. The summed E-state index contributed by atoms with van der Waals surface area (Å²) >= 11 is 0. The van der Waals surface area contributed by atoms with Crippen LogP contribution in [0.4, 0.5) is 0 Å². The second kappa shape index (κ2) is 6.78. The first-order valence-corrected chi connectivity index (χ1v) is 6.84. The molecule has 1 heterocycles. The normalized spacial score (nSPS) is 20.3. The zero-order valence-electron chi connectivity index (χ0n) is 11.8. The van der Waals surface area contributed by atoms with Crippen LogP contribution in [0.1, 0.15) is 24.8 Å². The highest BCUT2D eigenvalue weighted by Gasteiger charge is 2.22. The van der Waals surface area contributed by atoms with E-state index in [0.29, 0.717) is 0 Å². The molecule has 0 radical (unpaired) electrons. The standard InChI is InChI=1S/C15H23NO3/c1-18-14-7-6-12(15(9-14)19-2)10-16-8-4-3-5-13(16)11-17/h6-7,9,13,17H,3-5,8,10-11H2,1-2H3/t13-/m0/s1. The quantitative estimate of drug-likeness (QED) is 0.885. The third-order valence-corrected chi connectivity index (χ3v) is 3.83. The number of likely N-dealkylation sites (tertiary alicyclic amines) is 1. The van der Waals surface area contributed by atoms with Gasteiger partial charge < -0.3 is 14.6 Å². The molecule has 0 amide bonds. The van der Waals surface area contributed by atoms with E-state index in [9.17, 15) is 5.11 Å². The van der Waals surface area contributed by atoms with Crippen LogP contribution >= 0.6 is 0 Å². The van der Waals surface area contributed by atoms with Crippen LogP contribution in [0.2, 0.25) is 0 Å². The molecule has 106 valence electrons. The fourth-order valence-corrected chi connectivity index (χ4v) is 2.68. The second-order valence-corrected chi connectivity index (χ2v) is 4.98. The maximum Gasteiger partial charge on any atom is 0.127 e. The fraction of sp³-hybridized carbons (Fsp3) is 0.600. The minimum absolute atomic E-state index is 0.235. The molecule has 0 bridgehead atoms. The molecule has 0 saturated carbocycles. The van der Waals surface area contributed by atoms with Crippen molar-refractivity contribution in [2.75, 3.05) is 27.4 Å². The van der Waals surface area contributed by atoms with Gasteiger partial charge in [0, 0.05) is 24.2 Å². The molecular weight excluding hydrogens is 242 g/mol. The first-order chi connectivity index (χ1) is 9.28. The highest BCUT2D eigenvalue weighted by Crippen LogP contribution is 2.28. The van der Waals surface area contributed by atoms with E-state index in [-0.39, 0.29) is 12.6 Å². The molecule has 4 nitrogen and oxygen atoms in total. The molecule has 0 spiro atoms. The lowest BCUT2D eigenvalue weighted by molar-refractivity contribution is 0.0834. The summed E-state index contributed by atoms with van der Waals surface area (Å²) in [6, 6.07) is 6.18. The summed E-state index contributed by atoms with van der Waals surface area (Å²) in [6.07, 6.45) is 3.49. The largest absolute Gasteiger partial charge is 0.497 e. The average molecular weight is 265 g/mol. The maximum absolute atomic E-state index is 9.46. The van der Waals surface area contributed by atoms with Crippen molar-refractivity contribution in [3.05, 3.63) is 23.8 Å². The number of aliphatic hydroxyl groups is 1. The van der Waals surface area contributed by atoms with E-state index in [4.69, 9.17) is 9.47 Å². The maximum atomic E-state index is 9.46. The van der Waals surface area contributed by atoms with Crippen molar-refractivity contribution in [1.29, 1.82) is 0 Å². The zero-order chi connectivity index (χ0) is 13.7. The number of rotatable bonds is 5. The van der Waals surface area contributed by atoms with Gasteiger partial charge in [0.15, 0.2) is 0 Å². The molecule has 0 unspecified atom stereocenters. The van der Waals surface area contributed by atoms with Gasteiger partial charge in [0.25, 0.3) is 0 Å². The minimum atomic E-state index is 0.235. The Hall–Kier alpha value is -1.26. The Morgan fingerprint density at radius 1 is 1.26 bits per heavy atom. The number of hydrogen-bond donors (Lipinski definition) is 1. The van der Waals surface area contributed by atoms with Gasteiger partial charge in [-0.3, -0.25) is 4.90 Å². The number of hydrogen-bond acceptors (Lipinski definition) is 4. The van der Waals surface area contributed by atoms with Crippen molar-refractivity contribution in [1.82, 2.24) is 4.90 Å². The highest BCUT2D eigenvalue weighted by atomic mass is 16.5. The predicted octanol–water partition coefficient (Wildman–Crippen LogP) is 2.05. The molecule has 1 aromatic carbocycles. The Labute approximate surface area is 114 Å². The summed E-state index contributed by atoms with van der Waals surface area (Å²) in [4.78, 5) is 2.34. The van der Waals surface area contributed by atoms with E-state index in [0.717, 1.165) is 36.6 Å². The van der Waals surface area contributed by atoms with Gasteiger partial charge in [-0.2, -0.15) is 0 Å². The molecule has 1 aliphatic heterocycles. The number of piperidine rings is 1. The van der Waals surface area contributed by atoms with Gasteiger partial charge in [-0.05, 0) is 25.5 Å². The van der Waals surface area contributed by atoms with Crippen LogP contribution in [-0.4, -0.2) is 43.4 Å². The highest BCUT2D eigenvalue weighted by molar-refractivity contribution is 5.40. The van der Waals surface area contributed by atoms with Crippen LogP contribution in [0.15, 0.2) is 18.2 Å². The summed E-state index contributed by atoms with van der Waals surface area (Å²) in [6.45, 7) is 2.09. The third kappa shape index (κ3) is 3.39. The molecule has 0 aliphatic carbocycles. The van der Waals surface area contributed by atoms with Gasteiger partial charge in [-0.25, -0.2) is 0 Å². The Morgan fingerprint density at radius 3 is 2.79 bits per heavy atom. The van der Waals surface area contributed by atoms with Crippen LogP contribution in [0.5, 0.6) is 11.5 Å². The van der Waals surface area contributed by atoms with Crippen LogP contribution in [0.25, 0.3) is 0 Å². The van der Waals surface area contributed by atoms with E-state index >= 15 is 0 Å². The second-order valence-electron chi connectivity index (χ2n) is 4.98. The number of nitrogens with zero attached hydrogens (tertiary/aromatic N) is 1. The molecule has 1 aliphatic rings. The van der Waals surface area contributed by atoms with Crippen molar-refractivity contribution in [2.24, 2.45) is 0 Å². The van der Waals surface area contributed by atoms with Crippen LogP contribution in [0, 0.1) is 0 Å². The van der Waals surface area contributed by atoms with E-state index < -0.39 is 0 Å². The molecule has 2 rings (SSSR count). The summed E-state index contributed by atoms with van der Waals surface area (Å²) in [5.41, 5.74) is 1.14. The number of ether oxygens (including phenoxy) is 2. The zero-order valence-corrected chi connectivity index (χ0v) is 11.8. The lowest BCUT2D eigenvalue weighted by Gasteiger charge is -2.34. The molecular formula is C15H23NO3. The molecule has 0 aromatic heterocycles. The molecule has 1 atom stereocenters. The Kier molecular flexibility index (Phi) is 5.05. The van der Waals surface area contributed by atoms with Crippen molar-refractivity contribution >= 4 is 0 Å². The van der Waals surface area contributed by atoms with Crippen molar-refractivity contribution in [3.8, 4) is 11.5 Å². The monoisotopic (exact) mass is 265 g/mol. The van der Waals surface area contributed by atoms with Gasteiger partial charge in [0.1, 0.15) is 11.5 Å². The summed E-state index contributed by atoms with van der Waals surface area (Å²) in [5.74, 6) is 1.65. The third-order valence-electron chi connectivity index (χ3n) is 3.83. The van der Waals surface area contributed by atoms with Gasteiger partial charge in [-0.1, -0.05) is 12.5 Å². The van der Waals surface area contributed by atoms with E-state index in [2.05, 4.69) is 4.90 Å². The van der Waals surface area contributed by atoms with E-state index in [1.54, 1.807) is 14.2 Å². The fourth-order valence-electron chi connectivity index (χ4n) is 2.68. The topological polar surface area (TPSA) is 41.9 Å². The van der Waals surface area contributed by atoms with Gasteiger partial charge in [0.2, 0.25) is 0 Å². The summed E-state index contributed by atoms with van der Waals surface area (Å²) in [5, 5.41) is 9.46. The Morgan fingerprint density at radius 2 is 2.11 bits per heavy atom. The SMILES string of the molecule is COc1ccc(CN2CCCC[C@H]2CO)c(OC)c1. The predicted molar refractivity (Wildman–Crippen MR) is 74.7 cm³/mol. The number of methoxy groups -OCH3 is 2. The summed E-state index contributed by atoms with van der Waals surface area (Å²) < 4.78 is 10.6. The molecule has 1 aromatic rings. The van der Waals surface area contributed by atoms with E-state index in [1.807, 2.05) is 18.2 Å².